The van der Waals surface area contributed by atoms with E-state index in [4.69, 9.17) is 4.74 Å². The van der Waals surface area contributed by atoms with E-state index in [0.717, 1.165) is 19.8 Å². The van der Waals surface area contributed by atoms with Crippen molar-refractivity contribution < 1.29 is 4.74 Å². The molecule has 3 heteroatoms. The maximum absolute atomic E-state index is 5.85. The summed E-state index contributed by atoms with van der Waals surface area (Å²) in [5, 5.41) is 3.72. The number of hydrogen-bond donors (Lipinski definition) is 1. The zero-order valence-corrected chi connectivity index (χ0v) is 14.2. The lowest BCUT2D eigenvalue weighted by Gasteiger charge is -2.42. The molecule has 0 saturated carbocycles. The van der Waals surface area contributed by atoms with E-state index in [1.807, 2.05) is 0 Å². The highest BCUT2D eigenvalue weighted by atomic mass is 16.5. The zero-order chi connectivity index (χ0) is 14.9. The van der Waals surface area contributed by atoms with Gasteiger partial charge in [0.2, 0.25) is 0 Å². The second kappa shape index (κ2) is 5.94. The van der Waals surface area contributed by atoms with E-state index in [1.54, 1.807) is 0 Å². The Morgan fingerprint density at radius 2 is 1.95 bits per heavy atom. The summed E-state index contributed by atoms with van der Waals surface area (Å²) >= 11 is 0. The molecule has 20 heavy (non-hydrogen) atoms. The van der Waals surface area contributed by atoms with Gasteiger partial charge in [-0.25, -0.2) is 0 Å². The van der Waals surface area contributed by atoms with Gasteiger partial charge in [0.15, 0.2) is 0 Å². The van der Waals surface area contributed by atoms with Crippen molar-refractivity contribution >= 4 is 0 Å². The Morgan fingerprint density at radius 3 is 2.45 bits per heavy atom. The molecule has 0 aromatic carbocycles. The summed E-state index contributed by atoms with van der Waals surface area (Å²) in [6.45, 7) is 18.2. The lowest BCUT2D eigenvalue weighted by Crippen LogP contribution is -2.52. The maximum atomic E-state index is 5.85. The summed E-state index contributed by atoms with van der Waals surface area (Å²) in [4.78, 5) is 2.67. The third kappa shape index (κ3) is 4.71. The van der Waals surface area contributed by atoms with Crippen LogP contribution in [0, 0.1) is 10.8 Å². The van der Waals surface area contributed by atoms with Crippen LogP contribution >= 0.6 is 0 Å². The number of ether oxygens (including phenoxy) is 1. The van der Waals surface area contributed by atoms with Gasteiger partial charge in [0.25, 0.3) is 0 Å². The van der Waals surface area contributed by atoms with E-state index in [-0.39, 0.29) is 5.54 Å². The molecule has 0 amide bonds. The molecule has 1 N–H and O–H groups in total. The normalized spacial score (nSPS) is 31.6. The summed E-state index contributed by atoms with van der Waals surface area (Å²) in [7, 11) is 0. The first-order chi connectivity index (χ1) is 9.20. The topological polar surface area (TPSA) is 24.5 Å². The molecule has 0 radical (unpaired) electrons. The van der Waals surface area contributed by atoms with Crippen LogP contribution in [0.1, 0.15) is 53.9 Å². The summed E-state index contributed by atoms with van der Waals surface area (Å²) < 4.78 is 5.85. The Morgan fingerprint density at radius 1 is 1.20 bits per heavy atom. The molecule has 118 valence electrons. The van der Waals surface area contributed by atoms with Crippen molar-refractivity contribution in [3.05, 3.63) is 0 Å². The molecule has 0 aliphatic carbocycles. The molecule has 0 aromatic rings. The molecule has 0 aromatic heterocycles. The van der Waals surface area contributed by atoms with Crippen LogP contribution in [-0.2, 0) is 4.74 Å². The van der Waals surface area contributed by atoms with Crippen LogP contribution in [-0.4, -0.2) is 49.8 Å². The van der Waals surface area contributed by atoms with E-state index in [9.17, 15) is 0 Å². The predicted molar refractivity (Wildman–Crippen MR) is 85.1 cm³/mol. The van der Waals surface area contributed by atoms with Gasteiger partial charge in [0.1, 0.15) is 0 Å². The fourth-order valence-electron chi connectivity index (χ4n) is 3.52. The molecule has 2 rings (SSSR count). The Balaban J connectivity index is 1.96. The third-order valence-electron chi connectivity index (χ3n) is 4.71. The molecule has 1 unspecified atom stereocenters. The lowest BCUT2D eigenvalue weighted by molar-refractivity contribution is -0.0267. The first kappa shape index (κ1) is 16.3. The molecule has 0 spiro atoms. The van der Waals surface area contributed by atoms with Crippen molar-refractivity contribution in [3.63, 3.8) is 0 Å². The second-order valence-corrected chi connectivity index (χ2v) is 8.88. The molecular formula is C17H34N2O. The molecule has 2 aliphatic rings. The smallest absolute Gasteiger partial charge is 0.0546 e. The number of hydrogen-bond acceptors (Lipinski definition) is 3. The Kier molecular flexibility index (Phi) is 4.83. The summed E-state index contributed by atoms with van der Waals surface area (Å²) in [6, 6.07) is 0. The Hall–Kier alpha value is -0.120. The first-order valence-corrected chi connectivity index (χ1v) is 8.25. The van der Waals surface area contributed by atoms with Crippen molar-refractivity contribution in [1.82, 2.24) is 10.2 Å². The van der Waals surface area contributed by atoms with Crippen LogP contribution in [0.3, 0.4) is 0 Å². The molecular weight excluding hydrogens is 248 g/mol. The molecule has 2 heterocycles. The van der Waals surface area contributed by atoms with Gasteiger partial charge in [-0.15, -0.1) is 0 Å². The highest BCUT2D eigenvalue weighted by molar-refractivity contribution is 4.92. The number of nitrogens with zero attached hydrogens (tertiary/aromatic N) is 1. The van der Waals surface area contributed by atoms with E-state index >= 15 is 0 Å². The number of likely N-dealkylation sites (tertiary alicyclic amines) is 1. The van der Waals surface area contributed by atoms with Crippen LogP contribution in [0.4, 0.5) is 0 Å². The summed E-state index contributed by atoms with van der Waals surface area (Å²) in [5.74, 6) is 0. The minimum Gasteiger partial charge on any atom is -0.381 e. The quantitative estimate of drug-likeness (QED) is 0.858. The van der Waals surface area contributed by atoms with E-state index in [2.05, 4.69) is 44.8 Å². The standard InChI is InChI=1S/C17H34N2O/c1-15(2,3)18-11-17(7-6-10-20-14-17)13-19-9-8-16(4,5)12-19/h18H,6-14H2,1-5H3. The largest absolute Gasteiger partial charge is 0.381 e. The molecule has 1 atom stereocenters. The molecule has 3 nitrogen and oxygen atoms in total. The van der Waals surface area contributed by atoms with Gasteiger partial charge < -0.3 is 15.0 Å². The number of nitrogens with one attached hydrogen (secondary N) is 1. The highest BCUT2D eigenvalue weighted by Gasteiger charge is 2.39. The van der Waals surface area contributed by atoms with E-state index < -0.39 is 0 Å². The van der Waals surface area contributed by atoms with Gasteiger partial charge in [-0.3, -0.25) is 0 Å². The van der Waals surface area contributed by atoms with E-state index in [0.29, 0.717) is 10.8 Å². The average molecular weight is 282 g/mol. The van der Waals surface area contributed by atoms with Crippen LogP contribution in [0.15, 0.2) is 0 Å². The zero-order valence-electron chi connectivity index (χ0n) is 14.2. The molecule has 2 aliphatic heterocycles. The van der Waals surface area contributed by atoms with Crippen molar-refractivity contribution in [2.45, 2.75) is 59.4 Å². The fraction of sp³-hybridized carbons (Fsp3) is 1.00. The predicted octanol–water partition coefficient (Wildman–Crippen LogP) is 2.90. The van der Waals surface area contributed by atoms with Gasteiger partial charge in [0, 0.05) is 37.2 Å². The Labute approximate surface area is 125 Å². The number of rotatable bonds is 4. The highest BCUT2D eigenvalue weighted by Crippen LogP contribution is 2.35. The van der Waals surface area contributed by atoms with Gasteiger partial charge in [-0.05, 0) is 52.0 Å². The van der Waals surface area contributed by atoms with Crippen LogP contribution in [0.25, 0.3) is 0 Å². The molecule has 0 bridgehead atoms. The minimum atomic E-state index is 0.189. The lowest BCUT2D eigenvalue weighted by atomic mass is 9.81. The summed E-state index contributed by atoms with van der Waals surface area (Å²) in [6.07, 6.45) is 3.84. The molecule has 2 fully saturated rings. The molecule has 2 saturated heterocycles. The summed E-state index contributed by atoms with van der Waals surface area (Å²) in [5.41, 5.74) is 0.995. The van der Waals surface area contributed by atoms with E-state index in [1.165, 1.54) is 38.9 Å². The average Bonchev–Trinajstić information content (AvgIpc) is 2.67. The fourth-order valence-corrected chi connectivity index (χ4v) is 3.52. The third-order valence-corrected chi connectivity index (χ3v) is 4.71. The van der Waals surface area contributed by atoms with Crippen LogP contribution < -0.4 is 5.32 Å². The Bertz CT molecular complexity index is 313. The monoisotopic (exact) mass is 282 g/mol. The van der Waals surface area contributed by atoms with Crippen molar-refractivity contribution in [2.75, 3.05) is 39.4 Å². The van der Waals surface area contributed by atoms with Gasteiger partial charge in [0.05, 0.1) is 6.61 Å². The van der Waals surface area contributed by atoms with Crippen molar-refractivity contribution in [3.8, 4) is 0 Å². The van der Waals surface area contributed by atoms with Gasteiger partial charge in [-0.2, -0.15) is 0 Å². The van der Waals surface area contributed by atoms with Crippen molar-refractivity contribution in [1.29, 1.82) is 0 Å². The van der Waals surface area contributed by atoms with Gasteiger partial charge in [-0.1, -0.05) is 13.8 Å². The second-order valence-electron chi connectivity index (χ2n) is 8.88. The maximum Gasteiger partial charge on any atom is 0.0546 e. The first-order valence-electron chi connectivity index (χ1n) is 8.25. The van der Waals surface area contributed by atoms with Crippen LogP contribution in [0.2, 0.25) is 0 Å². The SMILES string of the molecule is CC1(C)CCN(CC2(CNC(C)(C)C)CCCOC2)C1. The van der Waals surface area contributed by atoms with Crippen LogP contribution in [0.5, 0.6) is 0 Å². The minimum absolute atomic E-state index is 0.189. The van der Waals surface area contributed by atoms with Crippen molar-refractivity contribution in [2.24, 2.45) is 10.8 Å². The van der Waals surface area contributed by atoms with Gasteiger partial charge >= 0.3 is 0 Å².